The number of benzene rings is 1. The topological polar surface area (TPSA) is 97.1 Å². The Balaban J connectivity index is 1.67. The number of nitrogens with one attached hydrogen (secondary N) is 2. The number of hydrogen-bond acceptors (Lipinski definition) is 7. The van der Waals surface area contributed by atoms with E-state index in [2.05, 4.69) is 25.7 Å². The maximum Gasteiger partial charge on any atom is 0.229 e. The molecule has 1 atom stereocenters. The number of rotatable bonds is 10. The number of anilines is 3. The first kappa shape index (κ1) is 21.0. The number of ether oxygens (including phenoxy) is 1. The van der Waals surface area contributed by atoms with Gasteiger partial charge in [-0.2, -0.15) is 10.1 Å². The molecule has 0 spiro atoms. The summed E-state index contributed by atoms with van der Waals surface area (Å²) in [5.74, 6) is 0.810. The Morgan fingerprint density at radius 3 is 2.72 bits per heavy atom. The van der Waals surface area contributed by atoms with E-state index in [0.29, 0.717) is 29.9 Å². The van der Waals surface area contributed by atoms with Crippen molar-refractivity contribution in [2.24, 2.45) is 0 Å². The van der Waals surface area contributed by atoms with Gasteiger partial charge in [-0.1, -0.05) is 41.9 Å². The molecule has 0 saturated carbocycles. The molecule has 29 heavy (non-hydrogen) atoms. The first-order valence-electron chi connectivity index (χ1n) is 9.41. The molecule has 0 aliphatic heterocycles. The summed E-state index contributed by atoms with van der Waals surface area (Å²) >= 11 is 6.25. The lowest BCUT2D eigenvalue weighted by molar-refractivity contribution is 0.0710. The van der Waals surface area contributed by atoms with E-state index < -0.39 is 0 Å². The van der Waals surface area contributed by atoms with Gasteiger partial charge in [0.1, 0.15) is 5.02 Å². The van der Waals surface area contributed by atoms with Gasteiger partial charge in [-0.05, 0) is 19.4 Å². The Hall–Kier alpha value is -2.68. The van der Waals surface area contributed by atoms with Gasteiger partial charge in [-0.25, -0.2) is 4.98 Å². The van der Waals surface area contributed by atoms with E-state index in [9.17, 15) is 5.11 Å². The van der Waals surface area contributed by atoms with Gasteiger partial charge >= 0.3 is 0 Å². The van der Waals surface area contributed by atoms with E-state index in [4.69, 9.17) is 16.3 Å². The fourth-order valence-electron chi connectivity index (χ4n) is 2.67. The maximum atomic E-state index is 9.76. The van der Waals surface area contributed by atoms with Crippen molar-refractivity contribution in [2.75, 3.05) is 23.8 Å². The molecule has 3 aromatic rings. The minimum atomic E-state index is -0.333. The molecule has 0 fully saturated rings. The van der Waals surface area contributed by atoms with Gasteiger partial charge in [0.15, 0.2) is 5.82 Å². The van der Waals surface area contributed by atoms with Crippen molar-refractivity contribution in [3.05, 3.63) is 59.5 Å². The summed E-state index contributed by atoms with van der Waals surface area (Å²) in [5, 5.41) is 20.7. The zero-order valence-corrected chi connectivity index (χ0v) is 17.2. The molecular weight excluding hydrogens is 392 g/mol. The molecule has 2 heterocycles. The van der Waals surface area contributed by atoms with Crippen LogP contribution in [0.1, 0.15) is 25.5 Å². The largest absolute Gasteiger partial charge is 0.394 e. The molecule has 0 amide bonds. The molecular formula is C20H25ClN6O2. The van der Waals surface area contributed by atoms with E-state index in [1.54, 1.807) is 10.9 Å². The van der Waals surface area contributed by atoms with Crippen molar-refractivity contribution in [1.29, 1.82) is 0 Å². The van der Waals surface area contributed by atoms with E-state index in [1.807, 2.05) is 50.4 Å². The Morgan fingerprint density at radius 1 is 1.21 bits per heavy atom. The summed E-state index contributed by atoms with van der Waals surface area (Å²) in [6.45, 7) is 5.14. The number of aliphatic hydroxyl groups is 1. The fourth-order valence-corrected chi connectivity index (χ4v) is 2.82. The Morgan fingerprint density at radius 2 is 2.00 bits per heavy atom. The monoisotopic (exact) mass is 416 g/mol. The molecule has 1 aromatic carbocycles. The second-order valence-corrected chi connectivity index (χ2v) is 7.12. The highest BCUT2D eigenvalue weighted by atomic mass is 35.5. The summed E-state index contributed by atoms with van der Waals surface area (Å²) in [4.78, 5) is 8.65. The van der Waals surface area contributed by atoms with Crippen LogP contribution < -0.4 is 10.6 Å². The quantitative estimate of drug-likeness (QED) is 0.464. The summed E-state index contributed by atoms with van der Waals surface area (Å²) in [5.41, 5.74) is 1.69. The second-order valence-electron chi connectivity index (χ2n) is 6.72. The van der Waals surface area contributed by atoms with Crippen molar-refractivity contribution in [3.63, 3.8) is 0 Å². The highest BCUT2D eigenvalue weighted by Crippen LogP contribution is 2.25. The van der Waals surface area contributed by atoms with E-state index in [0.717, 1.165) is 11.3 Å². The number of aromatic nitrogens is 4. The standard InChI is InChI=1S/C20H25ClN6O2/c1-14(2)29-9-8-27-12-16(10-23-27)24-20-22-11-17(21)19(26-20)25-18(13-28)15-6-4-3-5-7-15/h3-7,10-12,14,18,28H,8-9,13H2,1-2H3,(H2,22,24,25,26)/t18-/m1/s1. The van der Waals surface area contributed by atoms with Crippen molar-refractivity contribution in [3.8, 4) is 0 Å². The molecule has 3 rings (SSSR count). The molecule has 3 N–H and O–H groups in total. The average molecular weight is 417 g/mol. The van der Waals surface area contributed by atoms with Gasteiger partial charge in [-0.15, -0.1) is 0 Å². The highest BCUT2D eigenvalue weighted by Gasteiger charge is 2.14. The molecule has 0 aliphatic rings. The van der Waals surface area contributed by atoms with Crippen molar-refractivity contribution in [2.45, 2.75) is 32.5 Å². The first-order valence-corrected chi connectivity index (χ1v) is 9.79. The van der Waals surface area contributed by atoms with Gasteiger partial charge in [0.2, 0.25) is 5.95 Å². The van der Waals surface area contributed by atoms with Gasteiger partial charge < -0.3 is 20.5 Å². The summed E-state index contributed by atoms with van der Waals surface area (Å²) in [7, 11) is 0. The number of hydrogen-bond donors (Lipinski definition) is 3. The second kappa shape index (κ2) is 10.2. The maximum absolute atomic E-state index is 9.76. The lowest BCUT2D eigenvalue weighted by Gasteiger charge is -2.18. The average Bonchev–Trinajstić information content (AvgIpc) is 3.16. The normalized spacial score (nSPS) is 12.2. The van der Waals surface area contributed by atoms with Gasteiger partial charge in [0.05, 0.1) is 50.0 Å². The predicted octanol–water partition coefficient (Wildman–Crippen LogP) is 3.64. The van der Waals surface area contributed by atoms with Crippen molar-refractivity contribution in [1.82, 2.24) is 19.7 Å². The van der Waals surface area contributed by atoms with Crippen molar-refractivity contribution < 1.29 is 9.84 Å². The number of nitrogens with zero attached hydrogens (tertiary/aromatic N) is 4. The molecule has 154 valence electrons. The van der Waals surface area contributed by atoms with Crippen LogP contribution >= 0.6 is 11.6 Å². The fraction of sp³-hybridized carbons (Fsp3) is 0.350. The van der Waals surface area contributed by atoms with Gasteiger partial charge in [0, 0.05) is 6.20 Å². The van der Waals surface area contributed by atoms with Crippen LogP contribution in [0.5, 0.6) is 0 Å². The molecule has 0 aliphatic carbocycles. The van der Waals surface area contributed by atoms with E-state index in [-0.39, 0.29) is 18.8 Å². The minimum absolute atomic E-state index is 0.0989. The lowest BCUT2D eigenvalue weighted by Crippen LogP contribution is -2.16. The van der Waals surface area contributed by atoms with Crippen molar-refractivity contribution >= 4 is 29.1 Å². The van der Waals surface area contributed by atoms with Gasteiger partial charge in [-0.3, -0.25) is 4.68 Å². The zero-order valence-electron chi connectivity index (χ0n) is 16.4. The smallest absolute Gasteiger partial charge is 0.229 e. The minimum Gasteiger partial charge on any atom is -0.394 e. The van der Waals surface area contributed by atoms with Crippen LogP contribution in [0.15, 0.2) is 48.9 Å². The van der Waals surface area contributed by atoms with Crippen LogP contribution in [-0.2, 0) is 11.3 Å². The van der Waals surface area contributed by atoms with Crippen LogP contribution in [0.2, 0.25) is 5.02 Å². The third-order valence-corrected chi connectivity index (χ3v) is 4.38. The molecule has 2 aromatic heterocycles. The molecule has 0 radical (unpaired) electrons. The number of aliphatic hydroxyl groups excluding tert-OH is 1. The zero-order chi connectivity index (χ0) is 20.6. The molecule has 8 nitrogen and oxygen atoms in total. The first-order chi connectivity index (χ1) is 14.0. The van der Waals surface area contributed by atoms with Gasteiger partial charge in [0.25, 0.3) is 0 Å². The van der Waals surface area contributed by atoms with Crippen LogP contribution in [0.3, 0.4) is 0 Å². The Bertz CT molecular complexity index is 903. The predicted molar refractivity (Wildman–Crippen MR) is 114 cm³/mol. The SMILES string of the molecule is CC(C)OCCn1cc(Nc2ncc(Cl)c(N[C@H](CO)c3ccccc3)n2)cn1. The van der Waals surface area contributed by atoms with Crippen LogP contribution in [-0.4, -0.2) is 44.2 Å². The van der Waals surface area contributed by atoms with E-state index in [1.165, 1.54) is 6.20 Å². The summed E-state index contributed by atoms with van der Waals surface area (Å²) in [6.07, 6.45) is 5.26. The number of halogens is 1. The van der Waals surface area contributed by atoms with E-state index >= 15 is 0 Å². The van der Waals surface area contributed by atoms with Crippen LogP contribution in [0.4, 0.5) is 17.5 Å². The highest BCUT2D eigenvalue weighted by molar-refractivity contribution is 6.32. The van der Waals surface area contributed by atoms with Crippen LogP contribution in [0.25, 0.3) is 0 Å². The third kappa shape index (κ3) is 6.15. The molecule has 9 heteroatoms. The molecule has 0 saturated heterocycles. The van der Waals surface area contributed by atoms with Crippen LogP contribution in [0, 0.1) is 0 Å². The molecule has 0 bridgehead atoms. The Labute approximate surface area is 174 Å². The lowest BCUT2D eigenvalue weighted by atomic mass is 10.1. The Kier molecular flexibility index (Phi) is 7.40. The summed E-state index contributed by atoms with van der Waals surface area (Å²) < 4.78 is 7.33. The molecule has 0 unspecified atom stereocenters. The summed E-state index contributed by atoms with van der Waals surface area (Å²) in [6, 6.07) is 9.28. The third-order valence-electron chi connectivity index (χ3n) is 4.10.